The molecule has 0 aromatic heterocycles. The van der Waals surface area contributed by atoms with E-state index in [0.29, 0.717) is 31.0 Å². The molecular weight excluding hydrogens is 392 g/mol. The lowest BCUT2D eigenvalue weighted by atomic mass is 10.1. The lowest BCUT2D eigenvalue weighted by molar-refractivity contribution is -0.121. The molecule has 1 aliphatic carbocycles. The van der Waals surface area contributed by atoms with E-state index in [2.05, 4.69) is 22.3 Å². The molecule has 1 heterocycles. The van der Waals surface area contributed by atoms with Crippen LogP contribution in [-0.2, 0) is 16.1 Å². The Morgan fingerprint density at radius 3 is 2.55 bits per heavy atom. The Balaban J connectivity index is 1.55. The summed E-state index contributed by atoms with van der Waals surface area (Å²) in [5.41, 5.74) is 2.14. The molecule has 1 amide bonds. The molecular formula is C25H30N2O4. The van der Waals surface area contributed by atoms with Crippen molar-refractivity contribution in [2.24, 2.45) is 5.92 Å². The summed E-state index contributed by atoms with van der Waals surface area (Å²) in [6, 6.07) is 15.8. The van der Waals surface area contributed by atoms with Crippen LogP contribution in [0.3, 0.4) is 0 Å². The molecule has 31 heavy (non-hydrogen) atoms. The smallest absolute Gasteiger partial charge is 0.412 e. The van der Waals surface area contributed by atoms with Crippen molar-refractivity contribution in [3.63, 3.8) is 0 Å². The monoisotopic (exact) mass is 422 g/mol. The number of anilines is 2. The number of hydrogen-bond acceptors (Lipinski definition) is 5. The van der Waals surface area contributed by atoms with E-state index in [0.717, 1.165) is 24.3 Å². The number of nitrogens with one attached hydrogen (secondary N) is 1. The van der Waals surface area contributed by atoms with Crippen molar-refractivity contribution in [1.82, 2.24) is 0 Å². The van der Waals surface area contributed by atoms with E-state index in [9.17, 15) is 9.59 Å². The first-order chi connectivity index (χ1) is 14.8. The lowest BCUT2D eigenvalue weighted by Crippen LogP contribution is -2.41. The van der Waals surface area contributed by atoms with Gasteiger partial charge in [0.15, 0.2) is 0 Å². The molecule has 0 bridgehead atoms. The van der Waals surface area contributed by atoms with Gasteiger partial charge in [-0.2, -0.15) is 0 Å². The maximum absolute atomic E-state index is 12.4. The van der Waals surface area contributed by atoms with Crippen molar-refractivity contribution in [1.29, 1.82) is 0 Å². The molecule has 1 fully saturated rings. The zero-order valence-electron chi connectivity index (χ0n) is 18.4. The molecule has 2 aromatic rings. The quantitative estimate of drug-likeness (QED) is 0.696. The maximum atomic E-state index is 12.4. The molecule has 164 valence electrons. The average molecular weight is 423 g/mol. The molecule has 1 aliphatic heterocycles. The molecule has 2 aromatic carbocycles. The molecule has 4 rings (SSSR count). The molecule has 0 saturated heterocycles. The van der Waals surface area contributed by atoms with Crippen LogP contribution in [0.2, 0.25) is 0 Å². The Morgan fingerprint density at radius 2 is 1.87 bits per heavy atom. The summed E-state index contributed by atoms with van der Waals surface area (Å²) in [6.45, 7) is 6.81. The number of hydrogen-bond donors (Lipinski definition) is 1. The van der Waals surface area contributed by atoms with Crippen molar-refractivity contribution in [2.75, 3.05) is 16.8 Å². The van der Waals surface area contributed by atoms with E-state index in [-0.39, 0.29) is 12.0 Å². The number of fused-ring (bicyclic) bond motifs is 1. The largest absolute Gasteiger partial charge is 0.486 e. The SMILES string of the molecule is CC(C)(C)OC(=O)Nc1ccc2c(c1)N(Cc1ccccc1)C[C@H](CC(=O)C1CC1)O2. The number of ketones is 1. The Labute approximate surface area is 183 Å². The number of carbonyl (C=O) groups is 2. The highest BCUT2D eigenvalue weighted by Gasteiger charge is 2.34. The summed E-state index contributed by atoms with van der Waals surface area (Å²) < 4.78 is 11.5. The molecule has 1 N–H and O–H groups in total. The van der Waals surface area contributed by atoms with Gasteiger partial charge in [0.2, 0.25) is 0 Å². The predicted octanol–water partition coefficient (Wildman–Crippen LogP) is 5.17. The van der Waals surface area contributed by atoms with Gasteiger partial charge in [0.25, 0.3) is 0 Å². The molecule has 6 heteroatoms. The third kappa shape index (κ3) is 5.78. The Morgan fingerprint density at radius 1 is 1.13 bits per heavy atom. The van der Waals surface area contributed by atoms with Gasteiger partial charge in [0.1, 0.15) is 23.2 Å². The lowest BCUT2D eigenvalue weighted by Gasteiger charge is -2.36. The standard InChI is InChI=1S/C25H30N2O4/c1-25(2,3)31-24(29)26-19-11-12-23-21(13-19)27(15-17-7-5-4-6-8-17)16-20(30-23)14-22(28)18-9-10-18/h4-8,11-13,18,20H,9-10,14-16H2,1-3H3,(H,26,29)/t20-/m0/s1. The van der Waals surface area contributed by atoms with Crippen LogP contribution in [0.4, 0.5) is 16.2 Å². The molecule has 0 spiro atoms. The van der Waals surface area contributed by atoms with Crippen LogP contribution in [0.1, 0.15) is 45.6 Å². The second-order valence-electron chi connectivity index (χ2n) is 9.36. The van der Waals surface area contributed by atoms with E-state index in [1.807, 2.05) is 51.1 Å². The third-order valence-corrected chi connectivity index (χ3v) is 5.34. The maximum Gasteiger partial charge on any atom is 0.412 e. The number of ether oxygens (including phenoxy) is 2. The molecule has 1 saturated carbocycles. The highest BCUT2D eigenvalue weighted by molar-refractivity contribution is 5.87. The molecule has 0 radical (unpaired) electrons. The first-order valence-electron chi connectivity index (χ1n) is 10.9. The van der Waals surface area contributed by atoms with E-state index in [4.69, 9.17) is 9.47 Å². The Hall–Kier alpha value is -3.02. The van der Waals surface area contributed by atoms with E-state index < -0.39 is 11.7 Å². The van der Waals surface area contributed by atoms with Crippen molar-refractivity contribution in [2.45, 2.75) is 58.3 Å². The van der Waals surface area contributed by atoms with Crippen LogP contribution < -0.4 is 15.0 Å². The van der Waals surface area contributed by atoms with Gasteiger partial charge in [-0.05, 0) is 57.4 Å². The van der Waals surface area contributed by atoms with Gasteiger partial charge in [0.05, 0.1) is 12.2 Å². The summed E-state index contributed by atoms with van der Waals surface area (Å²) in [5, 5.41) is 2.80. The number of benzene rings is 2. The van der Waals surface area contributed by atoms with Gasteiger partial charge in [-0.15, -0.1) is 0 Å². The van der Waals surface area contributed by atoms with Crippen LogP contribution in [0.15, 0.2) is 48.5 Å². The summed E-state index contributed by atoms with van der Waals surface area (Å²) in [6.07, 6.45) is 1.79. The summed E-state index contributed by atoms with van der Waals surface area (Å²) in [7, 11) is 0. The molecule has 6 nitrogen and oxygen atoms in total. The van der Waals surface area contributed by atoms with Crippen LogP contribution in [0.25, 0.3) is 0 Å². The van der Waals surface area contributed by atoms with Gasteiger partial charge < -0.3 is 14.4 Å². The van der Waals surface area contributed by atoms with Gasteiger partial charge in [-0.1, -0.05) is 30.3 Å². The highest BCUT2D eigenvalue weighted by Crippen LogP contribution is 2.39. The van der Waals surface area contributed by atoms with Crippen molar-refractivity contribution in [3.05, 3.63) is 54.1 Å². The number of Topliss-reactive ketones (excluding diaryl/α,β-unsaturated/α-hetero) is 1. The Kier molecular flexibility index (Phi) is 5.90. The normalized spacial score (nSPS) is 18.0. The summed E-state index contributed by atoms with van der Waals surface area (Å²) in [5.74, 6) is 1.26. The van der Waals surface area contributed by atoms with Crippen molar-refractivity contribution in [3.8, 4) is 5.75 Å². The second-order valence-corrected chi connectivity index (χ2v) is 9.36. The van der Waals surface area contributed by atoms with E-state index in [1.54, 1.807) is 6.07 Å². The molecule has 0 unspecified atom stereocenters. The van der Waals surface area contributed by atoms with Gasteiger partial charge in [0, 0.05) is 24.6 Å². The van der Waals surface area contributed by atoms with Crippen LogP contribution >= 0.6 is 0 Å². The zero-order chi connectivity index (χ0) is 22.0. The van der Waals surface area contributed by atoms with Gasteiger partial charge >= 0.3 is 6.09 Å². The van der Waals surface area contributed by atoms with Crippen LogP contribution in [0.5, 0.6) is 5.75 Å². The summed E-state index contributed by atoms with van der Waals surface area (Å²) >= 11 is 0. The number of carbonyl (C=O) groups excluding carboxylic acids is 2. The number of rotatable bonds is 6. The minimum atomic E-state index is -0.567. The van der Waals surface area contributed by atoms with Gasteiger partial charge in [-0.3, -0.25) is 10.1 Å². The zero-order valence-corrected chi connectivity index (χ0v) is 18.4. The molecule has 2 aliphatic rings. The summed E-state index contributed by atoms with van der Waals surface area (Å²) in [4.78, 5) is 26.8. The third-order valence-electron chi connectivity index (χ3n) is 5.34. The second kappa shape index (κ2) is 8.61. The fraction of sp³-hybridized carbons (Fsp3) is 0.440. The Bertz CT molecular complexity index is 948. The topological polar surface area (TPSA) is 67.9 Å². The first kappa shape index (κ1) is 21.2. The fourth-order valence-electron chi connectivity index (χ4n) is 3.78. The highest BCUT2D eigenvalue weighted by atomic mass is 16.6. The predicted molar refractivity (Wildman–Crippen MR) is 121 cm³/mol. The minimum Gasteiger partial charge on any atom is -0.486 e. The first-order valence-corrected chi connectivity index (χ1v) is 10.9. The minimum absolute atomic E-state index is 0.172. The molecule has 1 atom stereocenters. The fourth-order valence-corrected chi connectivity index (χ4v) is 3.78. The average Bonchev–Trinajstić information content (AvgIpc) is 3.53. The van der Waals surface area contributed by atoms with E-state index in [1.165, 1.54) is 5.56 Å². The van der Waals surface area contributed by atoms with E-state index >= 15 is 0 Å². The van der Waals surface area contributed by atoms with Crippen LogP contribution in [-0.4, -0.2) is 30.1 Å². The van der Waals surface area contributed by atoms with Crippen molar-refractivity contribution < 1.29 is 19.1 Å². The van der Waals surface area contributed by atoms with Gasteiger partial charge in [-0.25, -0.2) is 4.79 Å². The van der Waals surface area contributed by atoms with Crippen LogP contribution in [0, 0.1) is 5.92 Å². The number of amides is 1. The van der Waals surface area contributed by atoms with Crippen molar-refractivity contribution >= 4 is 23.3 Å². The number of nitrogens with zero attached hydrogens (tertiary/aromatic N) is 1.